The Labute approximate surface area is 85.9 Å². The third kappa shape index (κ3) is 3.24. The fourth-order valence-corrected chi connectivity index (χ4v) is 5.02. The van der Waals surface area contributed by atoms with Crippen molar-refractivity contribution in [2.45, 2.75) is 75.5 Å². The van der Waals surface area contributed by atoms with Gasteiger partial charge < -0.3 is 0 Å². The first kappa shape index (κ1) is 8.72. The van der Waals surface area contributed by atoms with Crippen molar-refractivity contribution < 1.29 is 0 Å². The molecule has 2 aliphatic carbocycles. The summed E-state index contributed by atoms with van der Waals surface area (Å²) in [7, 11) is -0.741. The molecule has 2 aliphatic rings. The van der Waals surface area contributed by atoms with E-state index in [2.05, 4.69) is 0 Å². The zero-order chi connectivity index (χ0) is 9.80. The van der Waals surface area contributed by atoms with Gasteiger partial charge in [-0.15, -0.1) is 0 Å². The van der Waals surface area contributed by atoms with Gasteiger partial charge in [0.2, 0.25) is 0 Å². The maximum Gasteiger partial charge on any atom is 0.266 e. The van der Waals surface area contributed by atoms with E-state index < -0.39 is 8.53 Å². The second-order valence-corrected chi connectivity index (χ2v) is 6.80. The Balaban J connectivity index is 1.82. The molecule has 0 spiro atoms. The van der Waals surface area contributed by atoms with Crippen LogP contribution in [0.25, 0.3) is 0 Å². The smallest absolute Gasteiger partial charge is 0.0530 e. The van der Waals surface area contributed by atoms with E-state index in [1.807, 2.05) is 0 Å². The molecule has 0 unspecified atom stereocenters. The predicted molar refractivity (Wildman–Crippen MR) is 63.5 cm³/mol. The largest absolute Gasteiger partial charge is 0.266 e. The van der Waals surface area contributed by atoms with E-state index in [9.17, 15) is 0 Å². The Hall–Kier alpha value is 0.430. The quantitative estimate of drug-likeness (QED) is 0.590. The molecular weight excluding hydrogens is 175 g/mol. The average molecular weight is 200 g/mol. The van der Waals surface area contributed by atoms with Crippen molar-refractivity contribution in [3.05, 3.63) is 0 Å². The molecule has 0 radical (unpaired) electrons. The van der Waals surface area contributed by atoms with Crippen LogP contribution >= 0.6 is 8.53 Å². The van der Waals surface area contributed by atoms with Gasteiger partial charge >= 0.3 is 0 Å². The van der Waals surface area contributed by atoms with Crippen LogP contribution in [0.3, 0.4) is 0 Å². The molecule has 2 fully saturated rings. The monoisotopic (exact) mass is 200 g/mol. The van der Waals surface area contributed by atoms with Crippen molar-refractivity contribution in [3.8, 4) is 0 Å². The maximum atomic E-state index is 8.46. The molecule has 0 N–H and O–H groups in total. The van der Waals surface area contributed by atoms with Crippen molar-refractivity contribution in [3.63, 3.8) is 0 Å². The Bertz CT molecular complexity index is 142. The van der Waals surface area contributed by atoms with Gasteiger partial charge in [0, 0.05) is 0 Å². The van der Waals surface area contributed by atoms with E-state index >= 15 is 0 Å². The van der Waals surface area contributed by atoms with Gasteiger partial charge in [0.25, 0.3) is 1.28 Å². The van der Waals surface area contributed by atoms with Crippen molar-refractivity contribution in [2.24, 2.45) is 0 Å². The Morgan fingerprint density at radius 2 is 1.08 bits per heavy atom. The topological polar surface area (TPSA) is 0 Å². The van der Waals surface area contributed by atoms with E-state index in [0.29, 0.717) is 0 Å². The van der Waals surface area contributed by atoms with Gasteiger partial charge in [-0.1, -0.05) is 12.8 Å². The van der Waals surface area contributed by atoms with Crippen LogP contribution in [0.1, 0.15) is 64.2 Å². The summed E-state index contributed by atoms with van der Waals surface area (Å²) >= 11 is 0. The number of hydrogen-bond donors (Lipinski definition) is 0. The van der Waals surface area contributed by atoms with Crippen LogP contribution in [0.15, 0.2) is 0 Å². The van der Waals surface area contributed by atoms with Crippen molar-refractivity contribution in [1.82, 2.24) is 0 Å². The summed E-state index contributed by atoms with van der Waals surface area (Å²) in [5, 5.41) is 0. The van der Waals surface area contributed by atoms with Crippen LogP contribution in [-0.2, 0) is 0 Å². The zero-order valence-corrected chi connectivity index (χ0v) is 9.73. The first-order valence-electron chi connectivity index (χ1n) is 6.71. The standard InChI is InChI=1S/C12H23P/c1-3-7-11(8-4-1)13-12-9-5-2-6-10-12/h11-13H,1-10H2/p+1/i13D. The summed E-state index contributed by atoms with van der Waals surface area (Å²) in [5.41, 5.74) is 1.72. The van der Waals surface area contributed by atoms with E-state index in [1.54, 1.807) is 0 Å². The Kier molecular flexibility index (Phi) is 3.58. The Morgan fingerprint density at radius 1 is 0.692 bits per heavy atom. The summed E-state index contributed by atoms with van der Waals surface area (Å²) in [5.74, 6) is 0. The normalized spacial score (nSPS) is 29.2. The minimum atomic E-state index is -0.741. The lowest BCUT2D eigenvalue weighted by Crippen LogP contribution is -2.14. The molecule has 76 valence electrons. The molecule has 0 bridgehead atoms. The molecule has 0 amide bonds. The SMILES string of the molecule is [2H][PH+](C1CCCCC1)C1CCCCC1. The molecule has 0 saturated heterocycles. The summed E-state index contributed by atoms with van der Waals surface area (Å²) in [6.45, 7) is 0. The Morgan fingerprint density at radius 3 is 1.46 bits per heavy atom. The lowest BCUT2D eigenvalue weighted by molar-refractivity contribution is 0.490. The molecule has 0 heterocycles. The van der Waals surface area contributed by atoms with E-state index in [0.717, 1.165) is 11.3 Å². The maximum absolute atomic E-state index is 8.46. The van der Waals surface area contributed by atoms with Gasteiger partial charge in [-0.3, -0.25) is 0 Å². The first-order chi connectivity index (χ1) is 6.88. The molecule has 0 nitrogen and oxygen atoms in total. The van der Waals surface area contributed by atoms with Gasteiger partial charge in [-0.05, 0) is 59.9 Å². The van der Waals surface area contributed by atoms with E-state index in [-0.39, 0.29) is 0 Å². The van der Waals surface area contributed by atoms with Crippen molar-refractivity contribution in [1.29, 1.82) is 1.28 Å². The van der Waals surface area contributed by atoms with Crippen LogP contribution in [0.5, 0.6) is 0 Å². The summed E-state index contributed by atoms with van der Waals surface area (Å²) < 4.78 is 8.46. The summed E-state index contributed by atoms with van der Waals surface area (Å²) in [4.78, 5) is 0. The van der Waals surface area contributed by atoms with Gasteiger partial charge in [0.05, 0.1) is 11.3 Å². The first-order valence-corrected chi connectivity index (χ1v) is 7.37. The third-order valence-corrected chi connectivity index (χ3v) is 5.78. The molecule has 2 saturated carbocycles. The second kappa shape index (κ2) is 5.35. The van der Waals surface area contributed by atoms with Gasteiger partial charge in [0.15, 0.2) is 0 Å². The van der Waals surface area contributed by atoms with Gasteiger partial charge in [-0.25, -0.2) is 0 Å². The highest BCUT2D eigenvalue weighted by Gasteiger charge is 2.25. The lowest BCUT2D eigenvalue weighted by Gasteiger charge is -2.23. The molecule has 0 aliphatic heterocycles. The lowest BCUT2D eigenvalue weighted by atomic mass is 10.00. The summed E-state index contributed by atoms with van der Waals surface area (Å²) in [6, 6.07) is 0. The molecule has 0 atom stereocenters. The van der Waals surface area contributed by atoms with Crippen LogP contribution in [-0.4, -0.2) is 12.6 Å². The molecule has 1 heteroatoms. The van der Waals surface area contributed by atoms with E-state index in [4.69, 9.17) is 1.28 Å². The fourth-order valence-electron chi connectivity index (χ4n) is 2.87. The molecule has 13 heavy (non-hydrogen) atoms. The highest BCUT2D eigenvalue weighted by molar-refractivity contribution is 7.39. The third-order valence-electron chi connectivity index (χ3n) is 3.68. The molecule has 0 aromatic carbocycles. The highest BCUT2D eigenvalue weighted by Crippen LogP contribution is 2.41. The van der Waals surface area contributed by atoms with Crippen LogP contribution in [0.2, 0.25) is 0 Å². The van der Waals surface area contributed by atoms with Crippen LogP contribution in [0, 0.1) is 0 Å². The number of rotatable bonds is 2. The average Bonchev–Trinajstić information content (AvgIpc) is 2.30. The second-order valence-electron chi connectivity index (χ2n) is 4.84. The molecule has 0 aromatic rings. The minimum absolute atomic E-state index is 0.741. The minimum Gasteiger partial charge on any atom is -0.0530 e. The molecule has 2 rings (SSSR count). The zero-order valence-electron chi connectivity index (χ0n) is 9.73. The molecule has 0 aromatic heterocycles. The van der Waals surface area contributed by atoms with Crippen molar-refractivity contribution >= 4 is 8.53 Å². The number of hydrogen-bond acceptors (Lipinski definition) is 0. The van der Waals surface area contributed by atoms with Gasteiger partial charge in [-0.2, -0.15) is 0 Å². The van der Waals surface area contributed by atoms with E-state index in [1.165, 1.54) is 64.2 Å². The fraction of sp³-hybridized carbons (Fsp3) is 1.00. The summed E-state index contributed by atoms with van der Waals surface area (Å²) in [6.07, 6.45) is 14.2. The highest BCUT2D eigenvalue weighted by atomic mass is 31.1. The van der Waals surface area contributed by atoms with Crippen LogP contribution < -0.4 is 0 Å². The van der Waals surface area contributed by atoms with Gasteiger partial charge in [0.1, 0.15) is 0 Å². The van der Waals surface area contributed by atoms with Crippen molar-refractivity contribution in [2.75, 3.05) is 0 Å². The predicted octanol–water partition coefficient (Wildman–Crippen LogP) is 4.06. The van der Waals surface area contributed by atoms with Crippen LogP contribution in [0.4, 0.5) is 0 Å². The molecular formula is C12H24P+.